The van der Waals surface area contributed by atoms with E-state index < -0.39 is 0 Å². The molecule has 3 aromatic rings. The van der Waals surface area contributed by atoms with Crippen LogP contribution in [0.2, 0.25) is 0 Å². The van der Waals surface area contributed by atoms with Crippen molar-refractivity contribution < 1.29 is 9.53 Å². The number of pyridine rings is 1. The molecule has 0 bridgehead atoms. The van der Waals surface area contributed by atoms with E-state index in [0.29, 0.717) is 17.3 Å². The number of hydrogen-bond donors (Lipinski definition) is 1. The molecule has 1 aromatic carbocycles. The summed E-state index contributed by atoms with van der Waals surface area (Å²) in [6, 6.07) is 12.8. The molecule has 0 aliphatic heterocycles. The molecule has 0 saturated heterocycles. The molecule has 0 aliphatic carbocycles. The number of amides is 1. The SMILES string of the molecule is COc1ccccc1C=CC(=O)Nc1cccnc1-n1cccn1. The third-order valence-electron chi connectivity index (χ3n) is 3.32. The summed E-state index contributed by atoms with van der Waals surface area (Å²) in [4.78, 5) is 16.5. The molecule has 24 heavy (non-hydrogen) atoms. The van der Waals surface area contributed by atoms with Crippen LogP contribution in [0, 0.1) is 0 Å². The van der Waals surface area contributed by atoms with Crippen LogP contribution in [-0.4, -0.2) is 27.8 Å². The van der Waals surface area contributed by atoms with Gasteiger partial charge in [0.05, 0.1) is 12.8 Å². The zero-order valence-corrected chi connectivity index (χ0v) is 13.1. The molecule has 1 N–H and O–H groups in total. The van der Waals surface area contributed by atoms with Gasteiger partial charge in [-0.05, 0) is 30.3 Å². The van der Waals surface area contributed by atoms with E-state index in [1.54, 1.807) is 54.7 Å². The topological polar surface area (TPSA) is 69.0 Å². The predicted octanol–water partition coefficient (Wildman–Crippen LogP) is 2.93. The predicted molar refractivity (Wildman–Crippen MR) is 92.0 cm³/mol. The van der Waals surface area contributed by atoms with Crippen LogP contribution in [0.15, 0.2) is 67.1 Å². The zero-order chi connectivity index (χ0) is 16.8. The average molecular weight is 320 g/mol. The molecule has 0 unspecified atom stereocenters. The minimum Gasteiger partial charge on any atom is -0.496 e. The number of nitrogens with one attached hydrogen (secondary N) is 1. The molecule has 0 spiro atoms. The molecule has 3 rings (SSSR count). The fourth-order valence-corrected chi connectivity index (χ4v) is 2.22. The molecule has 6 heteroatoms. The third-order valence-corrected chi connectivity index (χ3v) is 3.32. The summed E-state index contributed by atoms with van der Waals surface area (Å²) in [6.45, 7) is 0. The minimum absolute atomic E-state index is 0.262. The molecule has 6 nitrogen and oxygen atoms in total. The maximum absolute atomic E-state index is 12.2. The van der Waals surface area contributed by atoms with Crippen molar-refractivity contribution in [3.63, 3.8) is 0 Å². The van der Waals surface area contributed by atoms with Crippen molar-refractivity contribution in [1.29, 1.82) is 0 Å². The van der Waals surface area contributed by atoms with Gasteiger partial charge in [0, 0.05) is 30.2 Å². The van der Waals surface area contributed by atoms with Gasteiger partial charge < -0.3 is 10.1 Å². The van der Waals surface area contributed by atoms with E-state index in [2.05, 4.69) is 15.4 Å². The third kappa shape index (κ3) is 3.49. The van der Waals surface area contributed by atoms with Crippen molar-refractivity contribution in [1.82, 2.24) is 14.8 Å². The fraction of sp³-hybridized carbons (Fsp3) is 0.0556. The zero-order valence-electron chi connectivity index (χ0n) is 13.1. The van der Waals surface area contributed by atoms with E-state index in [1.165, 1.54) is 6.08 Å². The summed E-state index contributed by atoms with van der Waals surface area (Å²) < 4.78 is 6.86. The molecular formula is C18H16N4O2. The van der Waals surface area contributed by atoms with E-state index in [4.69, 9.17) is 4.74 Å². The molecule has 0 fully saturated rings. The van der Waals surface area contributed by atoms with Gasteiger partial charge in [-0.15, -0.1) is 0 Å². The van der Waals surface area contributed by atoms with E-state index in [0.717, 1.165) is 5.56 Å². The van der Waals surface area contributed by atoms with E-state index >= 15 is 0 Å². The van der Waals surface area contributed by atoms with Crippen molar-refractivity contribution in [3.05, 3.63) is 72.7 Å². The first-order chi connectivity index (χ1) is 11.8. The van der Waals surface area contributed by atoms with Gasteiger partial charge >= 0.3 is 0 Å². The smallest absolute Gasteiger partial charge is 0.248 e. The maximum Gasteiger partial charge on any atom is 0.248 e. The summed E-state index contributed by atoms with van der Waals surface area (Å²) in [7, 11) is 1.60. The number of aromatic nitrogens is 3. The molecular weight excluding hydrogens is 304 g/mol. The number of carbonyl (C=O) groups excluding carboxylic acids is 1. The van der Waals surface area contributed by atoms with E-state index in [-0.39, 0.29) is 5.91 Å². The second-order valence-electron chi connectivity index (χ2n) is 4.89. The number of nitrogens with zero attached hydrogens (tertiary/aromatic N) is 3. The van der Waals surface area contributed by atoms with Gasteiger partial charge in [-0.1, -0.05) is 18.2 Å². The molecule has 0 aliphatic rings. The van der Waals surface area contributed by atoms with Crippen LogP contribution >= 0.6 is 0 Å². The molecule has 0 atom stereocenters. The summed E-state index contributed by atoms with van der Waals surface area (Å²) in [5, 5.41) is 6.96. The highest BCUT2D eigenvalue weighted by Gasteiger charge is 2.08. The van der Waals surface area contributed by atoms with Gasteiger partial charge in [0.25, 0.3) is 0 Å². The summed E-state index contributed by atoms with van der Waals surface area (Å²) >= 11 is 0. The van der Waals surface area contributed by atoms with Crippen molar-refractivity contribution in [2.45, 2.75) is 0 Å². The first kappa shape index (κ1) is 15.5. The van der Waals surface area contributed by atoms with Gasteiger partial charge in [0.2, 0.25) is 5.91 Å². The van der Waals surface area contributed by atoms with Crippen LogP contribution in [0.3, 0.4) is 0 Å². The summed E-state index contributed by atoms with van der Waals surface area (Å²) in [6.07, 6.45) is 8.23. The van der Waals surface area contributed by atoms with Gasteiger partial charge in [0.1, 0.15) is 5.75 Å². The lowest BCUT2D eigenvalue weighted by atomic mass is 10.2. The Morgan fingerprint density at radius 1 is 1.17 bits per heavy atom. The van der Waals surface area contributed by atoms with Crippen molar-refractivity contribution >= 4 is 17.7 Å². The van der Waals surface area contributed by atoms with Crippen LogP contribution in [0.25, 0.3) is 11.9 Å². The Bertz CT molecular complexity index is 857. The normalized spacial score (nSPS) is 10.7. The molecule has 2 heterocycles. The lowest BCUT2D eigenvalue weighted by Gasteiger charge is -2.08. The van der Waals surface area contributed by atoms with Crippen LogP contribution < -0.4 is 10.1 Å². The molecule has 0 saturated carbocycles. The maximum atomic E-state index is 12.2. The Balaban J connectivity index is 1.78. The average Bonchev–Trinajstić information content (AvgIpc) is 3.15. The highest BCUT2D eigenvalue weighted by molar-refractivity contribution is 6.03. The quantitative estimate of drug-likeness (QED) is 0.734. The van der Waals surface area contributed by atoms with Crippen LogP contribution in [0.1, 0.15) is 5.56 Å². The van der Waals surface area contributed by atoms with Crippen LogP contribution in [0.4, 0.5) is 5.69 Å². The van der Waals surface area contributed by atoms with Crippen LogP contribution in [-0.2, 0) is 4.79 Å². The van der Waals surface area contributed by atoms with Crippen LogP contribution in [0.5, 0.6) is 5.75 Å². The lowest BCUT2D eigenvalue weighted by molar-refractivity contribution is -0.111. The molecule has 2 aromatic heterocycles. The van der Waals surface area contributed by atoms with E-state index in [9.17, 15) is 4.79 Å². The fourth-order valence-electron chi connectivity index (χ4n) is 2.22. The number of benzene rings is 1. The number of carbonyl (C=O) groups is 1. The van der Waals surface area contributed by atoms with Gasteiger partial charge in [-0.3, -0.25) is 4.79 Å². The largest absolute Gasteiger partial charge is 0.496 e. The molecule has 0 radical (unpaired) electrons. The minimum atomic E-state index is -0.262. The number of para-hydroxylation sites is 1. The number of anilines is 1. The Morgan fingerprint density at radius 3 is 2.83 bits per heavy atom. The Morgan fingerprint density at radius 2 is 2.04 bits per heavy atom. The molecule has 1 amide bonds. The number of hydrogen-bond acceptors (Lipinski definition) is 4. The second kappa shape index (κ2) is 7.23. The number of rotatable bonds is 5. The highest BCUT2D eigenvalue weighted by Crippen LogP contribution is 2.19. The summed E-state index contributed by atoms with van der Waals surface area (Å²) in [5.41, 5.74) is 1.41. The number of ether oxygens (including phenoxy) is 1. The number of methoxy groups -OCH3 is 1. The standard InChI is InChI=1S/C18H16N4O2/c1-24-16-8-3-2-6-14(16)9-10-17(23)21-15-7-4-11-19-18(15)22-13-5-12-20-22/h2-13H,1H3,(H,21,23). The van der Waals surface area contributed by atoms with Crippen molar-refractivity contribution in [3.8, 4) is 11.6 Å². The monoisotopic (exact) mass is 320 g/mol. The lowest BCUT2D eigenvalue weighted by Crippen LogP contribution is -2.12. The Kier molecular flexibility index (Phi) is 4.67. The van der Waals surface area contributed by atoms with Crippen molar-refractivity contribution in [2.24, 2.45) is 0 Å². The Labute approximate surface area is 139 Å². The van der Waals surface area contributed by atoms with Crippen molar-refractivity contribution in [2.75, 3.05) is 12.4 Å². The highest BCUT2D eigenvalue weighted by atomic mass is 16.5. The second-order valence-corrected chi connectivity index (χ2v) is 4.89. The first-order valence-corrected chi connectivity index (χ1v) is 7.35. The Hall–Kier alpha value is -3.41. The molecule has 120 valence electrons. The van der Waals surface area contributed by atoms with E-state index in [1.807, 2.05) is 24.3 Å². The summed E-state index contributed by atoms with van der Waals surface area (Å²) in [5.74, 6) is 1.00. The first-order valence-electron chi connectivity index (χ1n) is 7.35. The van der Waals surface area contributed by atoms with Gasteiger partial charge in [-0.2, -0.15) is 5.10 Å². The van der Waals surface area contributed by atoms with Gasteiger partial charge in [-0.25, -0.2) is 9.67 Å². The van der Waals surface area contributed by atoms with Gasteiger partial charge in [0.15, 0.2) is 5.82 Å².